The first-order valence-electron chi connectivity index (χ1n) is 35.2. The molecule has 27 N–H and O–H groups in total. The van der Waals surface area contributed by atoms with E-state index in [-0.39, 0.29) is 133 Å². The number of methoxy groups -OCH3 is 1. The molecule has 0 saturated heterocycles. The number of nitrogens with one attached hydrogen (secondary N) is 9. The van der Waals surface area contributed by atoms with Crippen molar-refractivity contribution in [2.75, 3.05) is 66.0 Å². The van der Waals surface area contributed by atoms with Crippen LogP contribution in [0.5, 0.6) is 5.75 Å². The van der Waals surface area contributed by atoms with Crippen molar-refractivity contribution < 1.29 is 22.3 Å². The lowest BCUT2D eigenvalue weighted by Crippen LogP contribution is -2.13. The fourth-order valence-electron chi connectivity index (χ4n) is 7.92. The molecule has 28 nitrogen and oxygen atoms in total. The zero-order valence-electron chi connectivity index (χ0n) is 66.1. The summed E-state index contributed by atoms with van der Waals surface area (Å²) in [7, 11) is 1.56. The van der Waals surface area contributed by atoms with Crippen LogP contribution in [0.2, 0.25) is 40.2 Å². The Morgan fingerprint density at radius 3 is 1.10 bits per heavy atom. The Kier molecular flexibility index (Phi) is 55.5. The average molecular weight is 1840 g/mol. The van der Waals surface area contributed by atoms with Crippen molar-refractivity contribution in [2.24, 2.45) is 96.5 Å². The Balaban J connectivity index is 0.000000692. The SMILES string of the molecule is COc1cccc(Cl)c1C=NCC(=N)N.Cc1ccccc1C=NCC(=N)N.N=C(N)CN=Cc1c(F)cccc1Cl.N=C(N)CN=Cc1ccc(Cl)cc1.N=C(N)CN=Cc1ccc(Cl)cc1F.N=C(N)CN=Cc1ccc(F)cc1Cl.N=C(N)CN=Cc1cccc(Cl)c1.N=C(N)CN=Cc1cccc(Cl)c1Cl.N=C(N)CN=Cc1ccccc1F. The van der Waals surface area contributed by atoms with Gasteiger partial charge in [0.2, 0.25) is 0 Å². The molecule has 0 saturated carbocycles. The van der Waals surface area contributed by atoms with Crippen LogP contribution in [-0.2, 0) is 0 Å². The van der Waals surface area contributed by atoms with Gasteiger partial charge in [-0.2, -0.15) is 0 Å². The summed E-state index contributed by atoms with van der Waals surface area (Å²) in [6.45, 7) is 3.44. The first kappa shape index (κ1) is 108. The fourth-order valence-corrected chi connectivity index (χ4v) is 9.40. The molecule has 0 atom stereocenters. The van der Waals surface area contributed by atoms with Crippen LogP contribution in [0.1, 0.15) is 55.6 Å². The molecule has 648 valence electrons. The first-order valence-corrected chi connectivity index (χ1v) is 38.2. The second-order valence-electron chi connectivity index (χ2n) is 23.9. The van der Waals surface area contributed by atoms with E-state index in [9.17, 15) is 17.6 Å². The molecule has 40 heteroatoms. The number of halogens is 12. The van der Waals surface area contributed by atoms with Gasteiger partial charge in [-0.3, -0.25) is 93.6 Å². The third-order valence-corrected chi connectivity index (χ3v) is 15.9. The van der Waals surface area contributed by atoms with Gasteiger partial charge in [0.15, 0.2) is 0 Å². The van der Waals surface area contributed by atoms with E-state index in [0.717, 1.165) is 22.3 Å². The van der Waals surface area contributed by atoms with Gasteiger partial charge >= 0.3 is 0 Å². The summed E-state index contributed by atoms with van der Waals surface area (Å²) in [5, 5.41) is 66.2. The van der Waals surface area contributed by atoms with Crippen LogP contribution in [0, 0.1) is 78.9 Å². The average Bonchev–Trinajstić information content (AvgIpc) is 0.844. The molecule has 0 unspecified atom stereocenters. The smallest absolute Gasteiger partial charge is 0.133 e. The van der Waals surface area contributed by atoms with Gasteiger partial charge < -0.3 is 56.3 Å². The fraction of sp³-hybridized carbons (Fsp3) is 0.133. The van der Waals surface area contributed by atoms with Gasteiger partial charge in [0.05, 0.1) is 96.7 Å². The molecule has 9 aromatic carbocycles. The summed E-state index contributed by atoms with van der Waals surface area (Å²) in [6.07, 6.45) is 13.6. The van der Waals surface area contributed by atoms with Crippen LogP contribution in [0.3, 0.4) is 0 Å². The van der Waals surface area contributed by atoms with Gasteiger partial charge in [0.25, 0.3) is 0 Å². The molecule has 0 aliphatic carbocycles. The number of hydrogen-bond acceptors (Lipinski definition) is 19. The predicted octanol–water partition coefficient (Wildman–Crippen LogP) is 15.5. The molecule has 0 fully saturated rings. The summed E-state index contributed by atoms with van der Waals surface area (Å²) in [5.74, 6) is -0.917. The van der Waals surface area contributed by atoms with Crippen molar-refractivity contribution in [3.05, 3.63) is 307 Å². The number of amidine groups is 9. The van der Waals surface area contributed by atoms with Gasteiger partial charge in [-0.1, -0.05) is 184 Å². The standard InChI is InChI=1S/C10H12ClN3O.C10H13N3.C9H9Cl2N3.3C9H9ClFN3.2C9H10ClN3.C9H10FN3/c1-15-9-4-2-3-8(11)7(9)5-14-6-10(12)13;1-8-4-2-3-5-9(8)6-13-7-10(11)12;10-7-3-1-2-6(9(7)11)4-14-5-8(12)13;10-8-3-7(11)2-1-6(8)4-14-5-9(12)13;10-7-2-1-6(8(11)3-7)4-14-5-9(12)13;10-7-2-1-3-8(11)6(7)4-14-5-9(12)13;10-8-3-1-7(2-4-8)5-13-6-9(11)12;10-8-3-1-2-7(4-8)5-13-6-9(11)12;10-8-4-2-1-3-7(8)5-13-6-9(11)12/h2-5H,6H2,1H3,(H3,12,13);2-6H,7H2,1H3,(H3,11,12);4*1-4H,5H2,(H3,12,13);3*1-5H,6H2,(H3,11,12). The zero-order chi connectivity index (χ0) is 92.2. The highest BCUT2D eigenvalue weighted by atomic mass is 35.5. The van der Waals surface area contributed by atoms with Crippen LogP contribution in [0.25, 0.3) is 0 Å². The summed E-state index contributed by atoms with van der Waals surface area (Å²) in [6, 6.07) is 52.1. The monoisotopic (exact) mass is 1840 g/mol. The largest absolute Gasteiger partial charge is 0.496 e. The maximum absolute atomic E-state index is 13.1. The Morgan fingerprint density at radius 2 is 0.642 bits per heavy atom. The molecule has 0 spiro atoms. The topological polar surface area (TPSA) is 569 Å². The Labute approximate surface area is 749 Å². The predicted molar refractivity (Wildman–Crippen MR) is 509 cm³/mol. The van der Waals surface area contributed by atoms with E-state index in [1.54, 1.807) is 129 Å². The number of rotatable bonds is 28. The summed E-state index contributed by atoms with van der Waals surface area (Å²) in [5.41, 5.74) is 53.1. The van der Waals surface area contributed by atoms with Crippen molar-refractivity contribution in [1.29, 1.82) is 48.7 Å². The highest BCUT2D eigenvalue weighted by Crippen LogP contribution is 2.26. The molecule has 123 heavy (non-hydrogen) atoms. The van der Waals surface area contributed by atoms with E-state index in [0.29, 0.717) is 58.1 Å². The van der Waals surface area contributed by atoms with Crippen LogP contribution >= 0.6 is 92.8 Å². The third-order valence-electron chi connectivity index (χ3n) is 13.4. The quantitative estimate of drug-likeness (QED) is 0.0125. The molecule has 0 heterocycles. The van der Waals surface area contributed by atoms with Crippen LogP contribution in [-0.4, -0.2) is 174 Å². The maximum Gasteiger partial charge on any atom is 0.133 e. The number of nitrogens with zero attached hydrogens (tertiary/aromatic N) is 9. The molecule has 0 radical (unpaired) electrons. The maximum atomic E-state index is 13.1. The molecule has 0 bridgehead atoms. The lowest BCUT2D eigenvalue weighted by molar-refractivity contribution is 0.414. The van der Waals surface area contributed by atoms with E-state index in [4.69, 9.17) is 198 Å². The molecule has 9 rings (SSSR count). The first-order chi connectivity index (χ1) is 58.3. The summed E-state index contributed by atoms with van der Waals surface area (Å²) in [4.78, 5) is 35.0. The van der Waals surface area contributed by atoms with Crippen molar-refractivity contribution in [3.63, 3.8) is 0 Å². The number of aryl methyl sites for hydroxylation is 1. The second-order valence-corrected chi connectivity index (χ2v) is 27.2. The minimum absolute atomic E-state index is 0.0114. The van der Waals surface area contributed by atoms with E-state index < -0.39 is 17.5 Å². The lowest BCUT2D eigenvalue weighted by Gasteiger charge is -2.05. The van der Waals surface area contributed by atoms with E-state index in [1.165, 1.54) is 79.0 Å². The van der Waals surface area contributed by atoms with Crippen LogP contribution in [0.4, 0.5) is 17.6 Å². The minimum atomic E-state index is -0.440. The van der Waals surface area contributed by atoms with Gasteiger partial charge in [-0.25, -0.2) is 17.6 Å². The lowest BCUT2D eigenvalue weighted by atomic mass is 10.1. The van der Waals surface area contributed by atoms with Gasteiger partial charge in [0, 0.05) is 98.8 Å². The highest BCUT2D eigenvalue weighted by Gasteiger charge is 2.07. The summed E-state index contributed by atoms with van der Waals surface area (Å²) < 4.78 is 56.9. The Morgan fingerprint density at radius 1 is 0.293 bits per heavy atom. The molecular formula is C83H91Cl8F4N27O. The number of ether oxygens (including phenoxy) is 1. The van der Waals surface area contributed by atoms with E-state index >= 15 is 0 Å². The second kappa shape index (κ2) is 63.1. The van der Waals surface area contributed by atoms with Crippen LogP contribution < -0.4 is 56.3 Å². The Bertz CT molecular complexity index is 5080. The molecule has 0 amide bonds. The van der Waals surface area contributed by atoms with Gasteiger partial charge in [-0.05, 0) is 126 Å². The number of nitrogens with two attached hydrogens (primary N) is 9. The minimum Gasteiger partial charge on any atom is -0.496 e. The van der Waals surface area contributed by atoms with Crippen molar-refractivity contribution in [2.45, 2.75) is 6.92 Å². The number of aliphatic imine (C=N–C) groups is 9. The number of benzene rings is 9. The number of hydrogen-bond donors (Lipinski definition) is 18. The summed E-state index contributed by atoms with van der Waals surface area (Å²) >= 11 is 46.1. The van der Waals surface area contributed by atoms with Crippen molar-refractivity contribution in [1.82, 2.24) is 0 Å². The normalized spacial score (nSPS) is 10.6. The van der Waals surface area contributed by atoms with Crippen molar-refractivity contribution in [3.8, 4) is 5.75 Å². The van der Waals surface area contributed by atoms with E-state index in [1.807, 2.05) is 55.5 Å². The van der Waals surface area contributed by atoms with Crippen LogP contribution in [0.15, 0.2) is 233 Å². The highest BCUT2D eigenvalue weighted by molar-refractivity contribution is 6.43. The molecule has 0 aliphatic heterocycles. The van der Waals surface area contributed by atoms with Gasteiger partial charge in [-0.15, -0.1) is 0 Å². The zero-order valence-corrected chi connectivity index (χ0v) is 72.2. The molecule has 0 aromatic heterocycles. The Hall–Kier alpha value is -12.9. The molecule has 9 aromatic rings. The molecular weight excluding hydrogens is 1750 g/mol. The molecule has 0 aliphatic rings. The van der Waals surface area contributed by atoms with Gasteiger partial charge in [0.1, 0.15) is 81.5 Å². The van der Waals surface area contributed by atoms with Crippen molar-refractivity contribution >= 4 is 201 Å². The third kappa shape index (κ3) is 53.4. The van der Waals surface area contributed by atoms with E-state index in [2.05, 4.69) is 44.9 Å².